The molecule has 0 aliphatic carbocycles. The van der Waals surface area contributed by atoms with E-state index in [1.165, 1.54) is 5.56 Å². The summed E-state index contributed by atoms with van der Waals surface area (Å²) in [7, 11) is 0. The monoisotopic (exact) mass is 225 g/mol. The zero-order chi connectivity index (χ0) is 12.1. The molecule has 0 aromatic carbocycles. The summed E-state index contributed by atoms with van der Waals surface area (Å²) in [4.78, 5) is 2.24. The predicted molar refractivity (Wildman–Crippen MR) is 65.2 cm³/mol. The highest BCUT2D eigenvalue weighted by atomic mass is 16.3. The van der Waals surface area contributed by atoms with Crippen LogP contribution in [-0.2, 0) is 6.54 Å². The smallest absolute Gasteiger partial charge is 0.0558 e. The lowest BCUT2D eigenvalue weighted by Gasteiger charge is -2.24. The molecule has 4 nitrogen and oxygen atoms in total. The molecule has 0 fully saturated rings. The SMILES string of the molecule is CC(C)N(CCO)Cc1cnn(C(C)C)c1. The molecular formula is C12H23N3O. The third-order valence-electron chi connectivity index (χ3n) is 2.69. The predicted octanol–water partition coefficient (Wildman–Crippen LogP) is 1.67. The largest absolute Gasteiger partial charge is 0.395 e. The summed E-state index contributed by atoms with van der Waals surface area (Å²) in [6, 6.07) is 0.841. The van der Waals surface area contributed by atoms with Crippen molar-refractivity contribution in [1.29, 1.82) is 0 Å². The van der Waals surface area contributed by atoms with Crippen LogP contribution in [0.2, 0.25) is 0 Å². The van der Waals surface area contributed by atoms with Gasteiger partial charge in [-0.05, 0) is 27.7 Å². The van der Waals surface area contributed by atoms with Gasteiger partial charge in [-0.2, -0.15) is 5.10 Å². The Balaban J connectivity index is 2.62. The van der Waals surface area contributed by atoms with E-state index in [0.29, 0.717) is 18.6 Å². The molecule has 0 saturated carbocycles. The Hall–Kier alpha value is -0.870. The van der Waals surface area contributed by atoms with Gasteiger partial charge in [0.1, 0.15) is 0 Å². The van der Waals surface area contributed by atoms with Crippen LogP contribution >= 0.6 is 0 Å². The standard InChI is InChI=1S/C12H23N3O/c1-10(2)14(5-6-16)8-12-7-13-15(9-12)11(3)4/h7,9-11,16H,5-6,8H2,1-4H3. The zero-order valence-corrected chi connectivity index (χ0v) is 10.7. The van der Waals surface area contributed by atoms with E-state index in [1.54, 1.807) is 0 Å². The van der Waals surface area contributed by atoms with E-state index in [4.69, 9.17) is 5.11 Å². The van der Waals surface area contributed by atoms with Crippen LogP contribution in [0.15, 0.2) is 12.4 Å². The van der Waals surface area contributed by atoms with Gasteiger partial charge in [-0.15, -0.1) is 0 Å². The number of aliphatic hydroxyl groups excluding tert-OH is 1. The maximum atomic E-state index is 8.99. The van der Waals surface area contributed by atoms with Crippen molar-refractivity contribution in [3.05, 3.63) is 18.0 Å². The number of hydrogen-bond donors (Lipinski definition) is 1. The van der Waals surface area contributed by atoms with Crippen molar-refractivity contribution in [1.82, 2.24) is 14.7 Å². The summed E-state index contributed by atoms with van der Waals surface area (Å²) >= 11 is 0. The van der Waals surface area contributed by atoms with E-state index in [1.807, 2.05) is 10.9 Å². The molecule has 0 radical (unpaired) electrons. The van der Waals surface area contributed by atoms with Gasteiger partial charge in [-0.3, -0.25) is 9.58 Å². The maximum absolute atomic E-state index is 8.99. The summed E-state index contributed by atoms with van der Waals surface area (Å²) in [6.07, 6.45) is 3.99. The Morgan fingerprint density at radius 2 is 2.06 bits per heavy atom. The number of aliphatic hydroxyl groups is 1. The van der Waals surface area contributed by atoms with Gasteiger partial charge in [0.2, 0.25) is 0 Å². The first-order valence-corrected chi connectivity index (χ1v) is 5.92. The molecular weight excluding hydrogens is 202 g/mol. The van der Waals surface area contributed by atoms with Crippen LogP contribution < -0.4 is 0 Å². The molecule has 1 aromatic heterocycles. The topological polar surface area (TPSA) is 41.3 Å². The van der Waals surface area contributed by atoms with E-state index < -0.39 is 0 Å². The second-order valence-corrected chi connectivity index (χ2v) is 4.71. The van der Waals surface area contributed by atoms with Crippen LogP contribution in [0.1, 0.15) is 39.3 Å². The summed E-state index contributed by atoms with van der Waals surface area (Å²) in [5.74, 6) is 0. The minimum Gasteiger partial charge on any atom is -0.395 e. The Labute approximate surface area is 97.9 Å². The molecule has 0 amide bonds. The highest BCUT2D eigenvalue weighted by Crippen LogP contribution is 2.10. The van der Waals surface area contributed by atoms with Gasteiger partial charge in [0.15, 0.2) is 0 Å². The van der Waals surface area contributed by atoms with Gasteiger partial charge in [0, 0.05) is 36.9 Å². The Morgan fingerprint density at radius 1 is 1.38 bits per heavy atom. The zero-order valence-electron chi connectivity index (χ0n) is 10.7. The first-order chi connectivity index (χ1) is 7.54. The van der Waals surface area contributed by atoms with E-state index in [9.17, 15) is 0 Å². The molecule has 0 saturated heterocycles. The van der Waals surface area contributed by atoms with Crippen LogP contribution in [0.3, 0.4) is 0 Å². The molecule has 1 rings (SSSR count). The second-order valence-electron chi connectivity index (χ2n) is 4.71. The first-order valence-electron chi connectivity index (χ1n) is 5.92. The molecule has 0 bridgehead atoms. The third kappa shape index (κ3) is 3.61. The molecule has 0 spiro atoms. The van der Waals surface area contributed by atoms with Crippen molar-refractivity contribution in [2.24, 2.45) is 0 Å². The van der Waals surface area contributed by atoms with Crippen molar-refractivity contribution < 1.29 is 5.11 Å². The maximum Gasteiger partial charge on any atom is 0.0558 e. The molecule has 0 aliphatic heterocycles. The fourth-order valence-corrected chi connectivity index (χ4v) is 1.62. The first kappa shape index (κ1) is 13.2. The minimum absolute atomic E-state index is 0.205. The third-order valence-corrected chi connectivity index (χ3v) is 2.69. The molecule has 1 N–H and O–H groups in total. The summed E-state index contributed by atoms with van der Waals surface area (Å²) in [6.45, 7) is 10.3. The summed E-state index contributed by atoms with van der Waals surface area (Å²) in [5.41, 5.74) is 1.20. The van der Waals surface area contributed by atoms with Gasteiger partial charge in [0.25, 0.3) is 0 Å². The minimum atomic E-state index is 0.205. The summed E-state index contributed by atoms with van der Waals surface area (Å²) in [5, 5.41) is 13.3. The van der Waals surface area contributed by atoms with E-state index in [2.05, 4.69) is 43.9 Å². The van der Waals surface area contributed by atoms with E-state index in [0.717, 1.165) is 6.54 Å². The van der Waals surface area contributed by atoms with E-state index in [-0.39, 0.29) is 6.61 Å². The fourth-order valence-electron chi connectivity index (χ4n) is 1.62. The number of rotatable bonds is 6. The number of hydrogen-bond acceptors (Lipinski definition) is 3. The highest BCUT2D eigenvalue weighted by Gasteiger charge is 2.11. The number of aromatic nitrogens is 2. The number of nitrogens with zero attached hydrogens (tertiary/aromatic N) is 3. The second kappa shape index (κ2) is 6.01. The van der Waals surface area contributed by atoms with Gasteiger partial charge in [0.05, 0.1) is 12.8 Å². The van der Waals surface area contributed by atoms with Crippen molar-refractivity contribution in [3.63, 3.8) is 0 Å². The van der Waals surface area contributed by atoms with Crippen LogP contribution in [0.5, 0.6) is 0 Å². The van der Waals surface area contributed by atoms with Crippen LogP contribution in [0, 0.1) is 0 Å². The van der Waals surface area contributed by atoms with Crippen molar-refractivity contribution in [2.45, 2.75) is 46.3 Å². The average molecular weight is 225 g/mol. The molecule has 0 atom stereocenters. The van der Waals surface area contributed by atoms with Crippen molar-refractivity contribution in [3.8, 4) is 0 Å². The van der Waals surface area contributed by atoms with Gasteiger partial charge >= 0.3 is 0 Å². The fraction of sp³-hybridized carbons (Fsp3) is 0.750. The highest BCUT2D eigenvalue weighted by molar-refractivity contribution is 5.04. The normalized spacial score (nSPS) is 12.0. The Bertz CT molecular complexity index is 307. The van der Waals surface area contributed by atoms with Crippen molar-refractivity contribution in [2.75, 3.05) is 13.2 Å². The van der Waals surface area contributed by atoms with Gasteiger partial charge < -0.3 is 5.11 Å². The van der Waals surface area contributed by atoms with Crippen LogP contribution in [-0.4, -0.2) is 39.0 Å². The lowest BCUT2D eigenvalue weighted by Crippen LogP contribution is -2.32. The van der Waals surface area contributed by atoms with Gasteiger partial charge in [-0.25, -0.2) is 0 Å². The molecule has 92 valence electrons. The molecule has 4 heteroatoms. The summed E-state index contributed by atoms with van der Waals surface area (Å²) < 4.78 is 1.97. The molecule has 16 heavy (non-hydrogen) atoms. The lowest BCUT2D eigenvalue weighted by molar-refractivity contribution is 0.159. The molecule has 1 aromatic rings. The lowest BCUT2D eigenvalue weighted by atomic mass is 10.2. The molecule has 1 heterocycles. The Kier molecular flexibility index (Phi) is 4.96. The quantitative estimate of drug-likeness (QED) is 0.800. The van der Waals surface area contributed by atoms with Gasteiger partial charge in [-0.1, -0.05) is 0 Å². The van der Waals surface area contributed by atoms with Crippen LogP contribution in [0.4, 0.5) is 0 Å². The molecule has 0 unspecified atom stereocenters. The average Bonchev–Trinajstić information content (AvgIpc) is 2.65. The van der Waals surface area contributed by atoms with Crippen LogP contribution in [0.25, 0.3) is 0 Å². The molecule has 0 aliphatic rings. The van der Waals surface area contributed by atoms with Crippen molar-refractivity contribution >= 4 is 0 Å². The Morgan fingerprint density at radius 3 is 2.50 bits per heavy atom. The van der Waals surface area contributed by atoms with E-state index >= 15 is 0 Å².